The molecule has 0 aromatic heterocycles. The van der Waals surface area contributed by atoms with Crippen molar-refractivity contribution in [1.82, 2.24) is 9.80 Å². The summed E-state index contributed by atoms with van der Waals surface area (Å²) in [6.07, 6.45) is 0.245. The van der Waals surface area contributed by atoms with Gasteiger partial charge in [-0.05, 0) is 69.2 Å². The first-order chi connectivity index (χ1) is 16.2. The molecule has 2 aromatic rings. The van der Waals surface area contributed by atoms with Gasteiger partial charge in [-0.2, -0.15) is 0 Å². The van der Waals surface area contributed by atoms with Gasteiger partial charge in [0, 0.05) is 62.1 Å². The molecule has 2 aliphatic rings. The van der Waals surface area contributed by atoms with Crippen LogP contribution in [0.25, 0.3) is 0 Å². The summed E-state index contributed by atoms with van der Waals surface area (Å²) in [4.78, 5) is 43.7. The Morgan fingerprint density at radius 1 is 0.971 bits per heavy atom. The zero-order chi connectivity index (χ0) is 24.4. The third-order valence-electron chi connectivity index (χ3n) is 7.04. The van der Waals surface area contributed by atoms with E-state index in [9.17, 15) is 14.4 Å². The SMILES string of the molecule is Cc1cccc(N2CCN(C(=O)c3ccc(NC(=O)C4CC(=O)N(C(C)C)C4)cc3)CC2)c1C. The molecular weight excluding hydrogens is 428 g/mol. The van der Waals surface area contributed by atoms with Crippen molar-refractivity contribution in [3.05, 3.63) is 59.2 Å². The Hall–Kier alpha value is -3.35. The van der Waals surface area contributed by atoms with Crippen LogP contribution in [0.4, 0.5) is 11.4 Å². The van der Waals surface area contributed by atoms with Crippen LogP contribution >= 0.6 is 0 Å². The van der Waals surface area contributed by atoms with Crippen LogP contribution < -0.4 is 10.2 Å². The fraction of sp³-hybridized carbons (Fsp3) is 0.444. The first-order valence-electron chi connectivity index (χ1n) is 12.1. The van der Waals surface area contributed by atoms with Gasteiger partial charge in [-0.15, -0.1) is 0 Å². The molecule has 1 unspecified atom stereocenters. The molecule has 2 aromatic carbocycles. The van der Waals surface area contributed by atoms with Gasteiger partial charge in [-0.25, -0.2) is 0 Å². The smallest absolute Gasteiger partial charge is 0.253 e. The molecule has 2 heterocycles. The van der Waals surface area contributed by atoms with E-state index in [1.165, 1.54) is 16.8 Å². The van der Waals surface area contributed by atoms with Gasteiger partial charge >= 0.3 is 0 Å². The number of carbonyl (C=O) groups excluding carboxylic acids is 3. The summed E-state index contributed by atoms with van der Waals surface area (Å²) in [6, 6.07) is 13.5. The van der Waals surface area contributed by atoms with Gasteiger partial charge in [-0.3, -0.25) is 14.4 Å². The minimum Gasteiger partial charge on any atom is -0.368 e. The van der Waals surface area contributed by atoms with Crippen molar-refractivity contribution < 1.29 is 14.4 Å². The lowest BCUT2D eigenvalue weighted by Gasteiger charge is -2.37. The molecule has 2 saturated heterocycles. The number of hydrogen-bond donors (Lipinski definition) is 1. The molecule has 2 aliphatic heterocycles. The first-order valence-corrected chi connectivity index (χ1v) is 12.1. The van der Waals surface area contributed by atoms with Gasteiger partial charge in [0.25, 0.3) is 5.91 Å². The highest BCUT2D eigenvalue weighted by Crippen LogP contribution is 2.25. The third-order valence-corrected chi connectivity index (χ3v) is 7.04. The Kier molecular flexibility index (Phi) is 6.91. The number of hydrogen-bond acceptors (Lipinski definition) is 4. The molecule has 180 valence electrons. The molecule has 3 amide bonds. The summed E-state index contributed by atoms with van der Waals surface area (Å²) in [5, 5.41) is 2.89. The molecule has 0 bridgehead atoms. The van der Waals surface area contributed by atoms with E-state index in [1.807, 2.05) is 18.7 Å². The number of nitrogens with one attached hydrogen (secondary N) is 1. The van der Waals surface area contributed by atoms with E-state index >= 15 is 0 Å². The summed E-state index contributed by atoms with van der Waals surface area (Å²) in [5.74, 6) is -0.469. The van der Waals surface area contributed by atoms with E-state index in [1.54, 1.807) is 29.2 Å². The Balaban J connectivity index is 1.32. The number of aryl methyl sites for hydroxylation is 1. The Morgan fingerprint density at radius 2 is 1.65 bits per heavy atom. The molecule has 0 radical (unpaired) electrons. The van der Waals surface area contributed by atoms with E-state index in [2.05, 4.69) is 42.3 Å². The van der Waals surface area contributed by atoms with Crippen LogP contribution in [0.1, 0.15) is 41.8 Å². The van der Waals surface area contributed by atoms with Gasteiger partial charge in [0.15, 0.2) is 0 Å². The van der Waals surface area contributed by atoms with Crippen molar-refractivity contribution in [1.29, 1.82) is 0 Å². The Bertz CT molecular complexity index is 1070. The number of rotatable bonds is 5. The second-order valence-electron chi connectivity index (χ2n) is 9.61. The highest BCUT2D eigenvalue weighted by Gasteiger charge is 2.35. The maximum atomic E-state index is 13.0. The Labute approximate surface area is 201 Å². The standard InChI is InChI=1S/C27H34N4O3/c1-18(2)31-17-22(16-25(31)32)26(33)28-23-10-8-21(9-11-23)27(34)30-14-12-29(13-15-30)24-7-5-6-19(3)20(24)4/h5-11,18,22H,12-17H2,1-4H3,(H,28,33). The summed E-state index contributed by atoms with van der Waals surface area (Å²) in [7, 11) is 0. The molecule has 2 fully saturated rings. The van der Waals surface area contributed by atoms with Crippen LogP contribution in [0.2, 0.25) is 0 Å². The van der Waals surface area contributed by atoms with E-state index in [0.29, 0.717) is 30.9 Å². The van der Waals surface area contributed by atoms with E-state index < -0.39 is 0 Å². The quantitative estimate of drug-likeness (QED) is 0.739. The zero-order valence-electron chi connectivity index (χ0n) is 20.5. The van der Waals surface area contributed by atoms with Gasteiger partial charge in [0.2, 0.25) is 11.8 Å². The number of nitrogens with zero attached hydrogens (tertiary/aromatic N) is 3. The van der Waals surface area contributed by atoms with Crippen LogP contribution in [0.5, 0.6) is 0 Å². The van der Waals surface area contributed by atoms with Gasteiger partial charge in [0.1, 0.15) is 0 Å². The molecule has 1 atom stereocenters. The Morgan fingerprint density at radius 3 is 2.26 bits per heavy atom. The highest BCUT2D eigenvalue weighted by molar-refractivity contribution is 5.98. The van der Waals surface area contributed by atoms with Crippen molar-refractivity contribution >= 4 is 29.1 Å². The fourth-order valence-corrected chi connectivity index (χ4v) is 4.76. The number of benzene rings is 2. The average Bonchev–Trinajstić information content (AvgIpc) is 3.23. The number of anilines is 2. The molecule has 7 nitrogen and oxygen atoms in total. The summed E-state index contributed by atoms with van der Waals surface area (Å²) < 4.78 is 0. The zero-order valence-corrected chi connectivity index (χ0v) is 20.5. The van der Waals surface area contributed by atoms with Crippen molar-refractivity contribution in [3.63, 3.8) is 0 Å². The lowest BCUT2D eigenvalue weighted by atomic mass is 10.1. The highest BCUT2D eigenvalue weighted by atomic mass is 16.2. The predicted molar refractivity (Wildman–Crippen MR) is 134 cm³/mol. The molecule has 7 heteroatoms. The van der Waals surface area contributed by atoms with E-state index in [4.69, 9.17) is 0 Å². The molecule has 4 rings (SSSR count). The van der Waals surface area contributed by atoms with Crippen LogP contribution in [0.3, 0.4) is 0 Å². The number of piperazine rings is 1. The van der Waals surface area contributed by atoms with E-state index in [0.717, 1.165) is 13.1 Å². The van der Waals surface area contributed by atoms with Crippen LogP contribution in [0.15, 0.2) is 42.5 Å². The number of carbonyl (C=O) groups is 3. The van der Waals surface area contributed by atoms with Crippen molar-refractivity contribution in [2.75, 3.05) is 42.9 Å². The predicted octanol–water partition coefficient (Wildman–Crippen LogP) is 3.46. The summed E-state index contributed by atoms with van der Waals surface area (Å²) in [5.41, 5.74) is 5.06. The fourth-order valence-electron chi connectivity index (χ4n) is 4.76. The van der Waals surface area contributed by atoms with Crippen LogP contribution in [0, 0.1) is 19.8 Å². The maximum Gasteiger partial charge on any atom is 0.253 e. The molecule has 0 spiro atoms. The molecule has 0 saturated carbocycles. The van der Waals surface area contributed by atoms with Gasteiger partial charge in [0.05, 0.1) is 5.92 Å². The summed E-state index contributed by atoms with van der Waals surface area (Å²) in [6.45, 7) is 11.6. The second kappa shape index (κ2) is 9.87. The lowest BCUT2D eigenvalue weighted by Crippen LogP contribution is -2.49. The largest absolute Gasteiger partial charge is 0.368 e. The topological polar surface area (TPSA) is 73.0 Å². The minimum atomic E-state index is -0.343. The van der Waals surface area contributed by atoms with Crippen molar-refractivity contribution in [2.24, 2.45) is 5.92 Å². The minimum absolute atomic E-state index is 0.00690. The number of likely N-dealkylation sites (tertiary alicyclic amines) is 1. The van der Waals surface area contributed by atoms with E-state index in [-0.39, 0.29) is 36.1 Å². The monoisotopic (exact) mass is 462 g/mol. The lowest BCUT2D eigenvalue weighted by molar-refractivity contribution is -0.129. The van der Waals surface area contributed by atoms with Crippen LogP contribution in [-0.2, 0) is 9.59 Å². The van der Waals surface area contributed by atoms with Gasteiger partial charge in [-0.1, -0.05) is 12.1 Å². The molecule has 1 N–H and O–H groups in total. The number of amides is 3. The molecule has 0 aliphatic carbocycles. The molecular formula is C27H34N4O3. The first kappa shape index (κ1) is 23.8. The normalized spacial score (nSPS) is 18.6. The second-order valence-corrected chi connectivity index (χ2v) is 9.61. The third kappa shape index (κ3) is 4.93. The van der Waals surface area contributed by atoms with Crippen LogP contribution in [-0.4, -0.2) is 66.3 Å². The van der Waals surface area contributed by atoms with Crippen molar-refractivity contribution in [2.45, 2.75) is 40.2 Å². The average molecular weight is 463 g/mol. The van der Waals surface area contributed by atoms with Gasteiger partial charge < -0.3 is 20.0 Å². The summed E-state index contributed by atoms with van der Waals surface area (Å²) >= 11 is 0. The van der Waals surface area contributed by atoms with Crippen molar-refractivity contribution in [3.8, 4) is 0 Å². The molecule has 34 heavy (non-hydrogen) atoms. The maximum absolute atomic E-state index is 13.0.